The highest BCUT2D eigenvalue weighted by atomic mass is 35.5. The van der Waals surface area contributed by atoms with Crippen LogP contribution in [0.1, 0.15) is 18.4 Å². The summed E-state index contributed by atoms with van der Waals surface area (Å²) in [4.78, 5) is 13.1. The van der Waals surface area contributed by atoms with Crippen LogP contribution in [0.15, 0.2) is 18.2 Å². The second-order valence-corrected chi connectivity index (χ2v) is 4.86. The summed E-state index contributed by atoms with van der Waals surface area (Å²) in [6.07, 6.45) is 1.64. The standard InChI is InChI=1S/C13H16ClNO3/c1-18-12-7-10(14)5-4-9(12)8-15-6-2-3-11(15)13(16)17/h4-5,7,11H,2-3,6,8H2,1H3,(H,16,17)/t11-/m1/s1. The van der Waals surface area contributed by atoms with Crippen molar-refractivity contribution in [1.82, 2.24) is 4.90 Å². The lowest BCUT2D eigenvalue weighted by atomic mass is 10.1. The van der Waals surface area contributed by atoms with Crippen LogP contribution in [0.3, 0.4) is 0 Å². The normalized spacial score (nSPS) is 20.0. The van der Waals surface area contributed by atoms with Crippen LogP contribution < -0.4 is 4.74 Å². The lowest BCUT2D eigenvalue weighted by Crippen LogP contribution is -2.35. The van der Waals surface area contributed by atoms with Crippen LogP contribution in [0.4, 0.5) is 0 Å². The van der Waals surface area contributed by atoms with Gasteiger partial charge in [-0.05, 0) is 31.5 Å². The fraction of sp³-hybridized carbons (Fsp3) is 0.462. The molecule has 1 fully saturated rings. The molecule has 1 saturated heterocycles. The minimum Gasteiger partial charge on any atom is -0.496 e. The van der Waals surface area contributed by atoms with E-state index in [1.165, 1.54) is 0 Å². The second-order valence-electron chi connectivity index (χ2n) is 4.42. The van der Waals surface area contributed by atoms with Crippen LogP contribution in [0.25, 0.3) is 0 Å². The third-order valence-corrected chi connectivity index (χ3v) is 3.51. The van der Waals surface area contributed by atoms with Gasteiger partial charge in [0, 0.05) is 17.1 Å². The Labute approximate surface area is 111 Å². The summed E-state index contributed by atoms with van der Waals surface area (Å²) in [5.41, 5.74) is 0.968. The lowest BCUT2D eigenvalue weighted by Gasteiger charge is -2.22. The minimum absolute atomic E-state index is 0.384. The summed E-state index contributed by atoms with van der Waals surface area (Å²) in [5, 5.41) is 9.76. The van der Waals surface area contributed by atoms with Gasteiger partial charge in [0.25, 0.3) is 0 Å². The maximum atomic E-state index is 11.1. The molecule has 0 aliphatic carbocycles. The molecule has 1 aliphatic heterocycles. The topological polar surface area (TPSA) is 49.8 Å². The number of methoxy groups -OCH3 is 1. The van der Waals surface area contributed by atoms with Crippen molar-refractivity contribution < 1.29 is 14.6 Å². The SMILES string of the molecule is COc1cc(Cl)ccc1CN1CCC[C@@H]1C(=O)O. The average molecular weight is 270 g/mol. The van der Waals surface area contributed by atoms with Crippen molar-refractivity contribution >= 4 is 17.6 Å². The third kappa shape index (κ3) is 2.76. The number of nitrogens with zero attached hydrogens (tertiary/aromatic N) is 1. The van der Waals surface area contributed by atoms with E-state index in [0.29, 0.717) is 23.7 Å². The Balaban J connectivity index is 2.16. The van der Waals surface area contributed by atoms with Crippen molar-refractivity contribution in [1.29, 1.82) is 0 Å². The van der Waals surface area contributed by atoms with Crippen molar-refractivity contribution in [2.45, 2.75) is 25.4 Å². The zero-order valence-corrected chi connectivity index (χ0v) is 11.0. The molecule has 1 aromatic carbocycles. The molecular weight excluding hydrogens is 254 g/mol. The van der Waals surface area contributed by atoms with Gasteiger partial charge in [0.05, 0.1) is 7.11 Å². The van der Waals surface area contributed by atoms with Crippen LogP contribution in [0.2, 0.25) is 5.02 Å². The van der Waals surface area contributed by atoms with Crippen LogP contribution in [-0.4, -0.2) is 35.7 Å². The molecule has 1 aromatic rings. The van der Waals surface area contributed by atoms with E-state index in [0.717, 1.165) is 18.5 Å². The van der Waals surface area contributed by atoms with Crippen LogP contribution >= 0.6 is 11.6 Å². The quantitative estimate of drug-likeness (QED) is 0.912. The predicted octanol–water partition coefficient (Wildman–Crippen LogP) is 2.40. The van der Waals surface area contributed by atoms with E-state index in [4.69, 9.17) is 21.4 Å². The number of aliphatic carboxylic acids is 1. The first-order valence-electron chi connectivity index (χ1n) is 5.91. The largest absolute Gasteiger partial charge is 0.496 e. The summed E-state index contributed by atoms with van der Waals surface area (Å²) in [7, 11) is 1.59. The molecule has 0 radical (unpaired) electrons. The van der Waals surface area contributed by atoms with Crippen LogP contribution in [0.5, 0.6) is 5.75 Å². The maximum absolute atomic E-state index is 11.1. The highest BCUT2D eigenvalue weighted by Gasteiger charge is 2.30. The second kappa shape index (κ2) is 5.59. The monoisotopic (exact) mass is 269 g/mol. The molecular formula is C13H16ClNO3. The number of carboxylic acids is 1. The number of carboxylic acid groups (broad SMARTS) is 1. The first-order valence-corrected chi connectivity index (χ1v) is 6.29. The van der Waals surface area contributed by atoms with E-state index >= 15 is 0 Å². The third-order valence-electron chi connectivity index (χ3n) is 3.27. The fourth-order valence-corrected chi connectivity index (χ4v) is 2.52. The number of benzene rings is 1. The fourth-order valence-electron chi connectivity index (χ4n) is 2.36. The molecule has 0 spiro atoms. The number of halogens is 1. The van der Waals surface area contributed by atoms with E-state index < -0.39 is 5.97 Å². The van der Waals surface area contributed by atoms with Crippen LogP contribution in [0, 0.1) is 0 Å². The Hall–Kier alpha value is -1.26. The zero-order chi connectivity index (χ0) is 13.1. The Kier molecular flexibility index (Phi) is 4.09. The highest BCUT2D eigenvalue weighted by Crippen LogP contribution is 2.27. The number of likely N-dealkylation sites (tertiary alicyclic amines) is 1. The number of hydrogen-bond donors (Lipinski definition) is 1. The van der Waals surface area contributed by atoms with Gasteiger partial charge in [-0.25, -0.2) is 0 Å². The summed E-state index contributed by atoms with van der Waals surface area (Å²) in [6, 6.07) is 5.05. The molecule has 0 amide bonds. The van der Waals surface area contributed by atoms with E-state index in [1.54, 1.807) is 19.2 Å². The van der Waals surface area contributed by atoms with Crippen molar-refractivity contribution in [2.75, 3.05) is 13.7 Å². The highest BCUT2D eigenvalue weighted by molar-refractivity contribution is 6.30. The van der Waals surface area contributed by atoms with Gasteiger partial charge in [0.15, 0.2) is 0 Å². The van der Waals surface area contributed by atoms with E-state index in [9.17, 15) is 4.79 Å². The van der Waals surface area contributed by atoms with Gasteiger partial charge in [-0.3, -0.25) is 9.69 Å². The molecule has 98 valence electrons. The van der Waals surface area contributed by atoms with Crippen LogP contribution in [-0.2, 0) is 11.3 Å². The number of ether oxygens (including phenoxy) is 1. The van der Waals surface area contributed by atoms with Gasteiger partial charge in [0.1, 0.15) is 11.8 Å². The summed E-state index contributed by atoms with van der Waals surface area (Å²) in [6.45, 7) is 1.39. The van der Waals surface area contributed by atoms with E-state index in [2.05, 4.69) is 0 Å². The molecule has 1 N–H and O–H groups in total. The zero-order valence-electron chi connectivity index (χ0n) is 10.2. The Morgan fingerprint density at radius 2 is 2.39 bits per heavy atom. The molecule has 0 unspecified atom stereocenters. The summed E-state index contributed by atoms with van der Waals surface area (Å²) >= 11 is 5.90. The molecule has 4 nitrogen and oxygen atoms in total. The Morgan fingerprint density at radius 3 is 3.06 bits per heavy atom. The molecule has 1 heterocycles. The average Bonchev–Trinajstić information content (AvgIpc) is 2.79. The molecule has 2 rings (SSSR count). The number of rotatable bonds is 4. The van der Waals surface area contributed by atoms with Crippen molar-refractivity contribution in [3.8, 4) is 5.75 Å². The van der Waals surface area contributed by atoms with Crippen molar-refractivity contribution in [3.05, 3.63) is 28.8 Å². The Bertz CT molecular complexity index is 450. The van der Waals surface area contributed by atoms with Gasteiger partial charge in [-0.1, -0.05) is 17.7 Å². The minimum atomic E-state index is -0.750. The number of carbonyl (C=O) groups is 1. The van der Waals surface area contributed by atoms with Crippen molar-refractivity contribution in [2.24, 2.45) is 0 Å². The molecule has 0 aromatic heterocycles. The lowest BCUT2D eigenvalue weighted by molar-refractivity contribution is -0.142. The first-order chi connectivity index (χ1) is 8.61. The molecule has 0 bridgehead atoms. The van der Waals surface area contributed by atoms with Gasteiger partial charge in [-0.15, -0.1) is 0 Å². The van der Waals surface area contributed by atoms with Gasteiger partial charge in [0.2, 0.25) is 0 Å². The summed E-state index contributed by atoms with van der Waals surface area (Å²) < 4.78 is 5.27. The smallest absolute Gasteiger partial charge is 0.320 e. The molecule has 0 saturated carbocycles. The van der Waals surface area contributed by atoms with E-state index in [1.807, 2.05) is 11.0 Å². The van der Waals surface area contributed by atoms with Gasteiger partial charge >= 0.3 is 5.97 Å². The molecule has 5 heteroatoms. The Morgan fingerprint density at radius 1 is 1.61 bits per heavy atom. The van der Waals surface area contributed by atoms with Gasteiger partial charge in [-0.2, -0.15) is 0 Å². The predicted molar refractivity (Wildman–Crippen MR) is 69.1 cm³/mol. The van der Waals surface area contributed by atoms with Gasteiger partial charge < -0.3 is 9.84 Å². The number of hydrogen-bond acceptors (Lipinski definition) is 3. The molecule has 1 aliphatic rings. The van der Waals surface area contributed by atoms with Crippen molar-refractivity contribution in [3.63, 3.8) is 0 Å². The molecule has 1 atom stereocenters. The maximum Gasteiger partial charge on any atom is 0.320 e. The van der Waals surface area contributed by atoms with E-state index in [-0.39, 0.29) is 6.04 Å². The molecule has 18 heavy (non-hydrogen) atoms. The first kappa shape index (κ1) is 13.2. The summed E-state index contributed by atoms with van der Waals surface area (Å²) in [5.74, 6) is -0.0426.